The fraction of sp³-hybridized carbons (Fsp3) is 0.667. The summed E-state index contributed by atoms with van der Waals surface area (Å²) in [6.07, 6.45) is 0.743. The van der Waals surface area contributed by atoms with Crippen LogP contribution in [0.5, 0.6) is 5.75 Å². The minimum absolute atomic E-state index is 0. The Hall–Kier alpha value is -1.06. The first-order chi connectivity index (χ1) is 13.0. The van der Waals surface area contributed by atoms with Gasteiger partial charge in [-0.15, -0.1) is 24.0 Å². The van der Waals surface area contributed by atoms with Gasteiger partial charge in [0.2, 0.25) is 0 Å². The van der Waals surface area contributed by atoms with E-state index in [0.717, 1.165) is 43.5 Å². The summed E-state index contributed by atoms with van der Waals surface area (Å²) in [5.74, 6) is 2.25. The van der Waals surface area contributed by atoms with E-state index in [1.807, 2.05) is 38.1 Å². The van der Waals surface area contributed by atoms with E-state index in [1.165, 1.54) is 13.0 Å². The molecule has 3 N–H and O–H groups in total. The number of ether oxygens (including phenoxy) is 1. The second kappa shape index (κ2) is 13.2. The average Bonchev–Trinajstić information content (AvgIpc) is 3.12. The fourth-order valence-corrected chi connectivity index (χ4v) is 3.27. The standard InChI is InChI=1S/C21H36N4O2.HI/c1-5-22-21(23-13-17-11-12-25(6-2)15-17)24-14-20(26)18-7-9-19(10-8-18)27-16(3)4;/h7-10,16-17,20,26H,5-6,11-15H2,1-4H3,(H2,22,23,24);1H. The van der Waals surface area contributed by atoms with Crippen molar-refractivity contribution in [3.8, 4) is 5.75 Å². The first-order valence-electron chi connectivity index (χ1n) is 10.2. The molecule has 0 saturated carbocycles. The molecule has 2 rings (SSSR count). The van der Waals surface area contributed by atoms with Gasteiger partial charge in [-0.1, -0.05) is 19.1 Å². The van der Waals surface area contributed by atoms with E-state index in [0.29, 0.717) is 12.5 Å². The van der Waals surface area contributed by atoms with Gasteiger partial charge in [0.1, 0.15) is 5.75 Å². The zero-order valence-electron chi connectivity index (χ0n) is 17.6. The molecule has 2 atom stereocenters. The summed E-state index contributed by atoms with van der Waals surface area (Å²) in [6, 6.07) is 7.59. The van der Waals surface area contributed by atoms with Crippen molar-refractivity contribution in [3.63, 3.8) is 0 Å². The molecule has 1 fully saturated rings. The van der Waals surface area contributed by atoms with Gasteiger partial charge >= 0.3 is 0 Å². The van der Waals surface area contributed by atoms with Gasteiger partial charge in [-0.2, -0.15) is 0 Å². The number of benzene rings is 1. The van der Waals surface area contributed by atoms with Gasteiger partial charge in [0.05, 0.1) is 18.8 Å². The Morgan fingerprint density at radius 1 is 1.25 bits per heavy atom. The number of aliphatic hydroxyl groups is 1. The lowest BCUT2D eigenvalue weighted by atomic mass is 10.1. The topological polar surface area (TPSA) is 69.1 Å². The predicted molar refractivity (Wildman–Crippen MR) is 127 cm³/mol. The summed E-state index contributed by atoms with van der Waals surface area (Å²) in [5, 5.41) is 17.1. The van der Waals surface area contributed by atoms with E-state index >= 15 is 0 Å². The summed E-state index contributed by atoms with van der Waals surface area (Å²) >= 11 is 0. The highest BCUT2D eigenvalue weighted by atomic mass is 127. The van der Waals surface area contributed by atoms with Gasteiger partial charge in [0.15, 0.2) is 5.96 Å². The minimum atomic E-state index is -0.629. The highest BCUT2D eigenvalue weighted by Crippen LogP contribution is 2.19. The molecule has 0 amide bonds. The van der Waals surface area contributed by atoms with Crippen molar-refractivity contribution in [1.82, 2.24) is 15.5 Å². The summed E-state index contributed by atoms with van der Waals surface area (Å²) < 4.78 is 5.64. The number of guanidine groups is 1. The summed E-state index contributed by atoms with van der Waals surface area (Å²) in [7, 11) is 0. The third-order valence-corrected chi connectivity index (χ3v) is 4.78. The Balaban J connectivity index is 0.00000392. The van der Waals surface area contributed by atoms with Gasteiger partial charge < -0.3 is 25.4 Å². The van der Waals surface area contributed by atoms with Gasteiger partial charge in [0.25, 0.3) is 0 Å². The normalized spacial score (nSPS) is 18.6. The highest BCUT2D eigenvalue weighted by molar-refractivity contribution is 14.0. The van der Waals surface area contributed by atoms with Crippen LogP contribution in [0.3, 0.4) is 0 Å². The number of nitrogens with zero attached hydrogens (tertiary/aromatic N) is 2. The second-order valence-electron chi connectivity index (χ2n) is 7.40. The molecule has 1 saturated heterocycles. The number of rotatable bonds is 9. The Labute approximate surface area is 187 Å². The molecule has 6 nitrogen and oxygen atoms in total. The van der Waals surface area contributed by atoms with E-state index in [1.54, 1.807) is 0 Å². The molecule has 1 aromatic rings. The van der Waals surface area contributed by atoms with E-state index in [2.05, 4.69) is 34.4 Å². The molecule has 0 bridgehead atoms. The van der Waals surface area contributed by atoms with Crippen LogP contribution < -0.4 is 15.4 Å². The molecule has 160 valence electrons. The highest BCUT2D eigenvalue weighted by Gasteiger charge is 2.21. The molecular formula is C21H37IN4O2. The Kier molecular flexibility index (Phi) is 11.8. The van der Waals surface area contributed by atoms with Crippen LogP contribution in [-0.2, 0) is 0 Å². The number of nitrogens with one attached hydrogen (secondary N) is 2. The maximum Gasteiger partial charge on any atom is 0.191 e. The molecule has 7 heteroatoms. The van der Waals surface area contributed by atoms with Crippen molar-refractivity contribution < 1.29 is 9.84 Å². The molecule has 1 heterocycles. The van der Waals surface area contributed by atoms with Gasteiger partial charge in [-0.25, -0.2) is 0 Å². The SMILES string of the molecule is CCNC(=NCC(O)c1ccc(OC(C)C)cc1)NCC1CCN(CC)C1.I. The van der Waals surface area contributed by atoms with Crippen LogP contribution in [0.15, 0.2) is 29.3 Å². The zero-order chi connectivity index (χ0) is 19.6. The first kappa shape index (κ1) is 25.0. The molecule has 28 heavy (non-hydrogen) atoms. The molecule has 0 aliphatic carbocycles. The van der Waals surface area contributed by atoms with Crippen molar-refractivity contribution in [3.05, 3.63) is 29.8 Å². The van der Waals surface area contributed by atoms with Crippen LogP contribution in [0.2, 0.25) is 0 Å². The minimum Gasteiger partial charge on any atom is -0.491 e. The molecule has 1 aliphatic rings. The number of halogens is 1. The number of hydrogen-bond donors (Lipinski definition) is 3. The quantitative estimate of drug-likeness (QED) is 0.274. The Morgan fingerprint density at radius 3 is 2.54 bits per heavy atom. The van der Waals surface area contributed by atoms with Crippen molar-refractivity contribution in [1.29, 1.82) is 0 Å². The molecule has 2 unspecified atom stereocenters. The second-order valence-corrected chi connectivity index (χ2v) is 7.40. The predicted octanol–water partition coefficient (Wildman–Crippen LogP) is 3.02. The number of aliphatic imine (C=N–C) groups is 1. The van der Waals surface area contributed by atoms with Crippen LogP contribution in [0, 0.1) is 5.92 Å². The summed E-state index contributed by atoms with van der Waals surface area (Å²) in [5.41, 5.74) is 0.847. The Morgan fingerprint density at radius 2 is 1.96 bits per heavy atom. The average molecular weight is 504 g/mol. The molecular weight excluding hydrogens is 467 g/mol. The van der Waals surface area contributed by atoms with Crippen LogP contribution in [0.25, 0.3) is 0 Å². The van der Waals surface area contributed by atoms with Crippen molar-refractivity contribution >= 4 is 29.9 Å². The lowest BCUT2D eigenvalue weighted by Crippen LogP contribution is -2.40. The van der Waals surface area contributed by atoms with E-state index in [4.69, 9.17) is 4.74 Å². The van der Waals surface area contributed by atoms with E-state index in [9.17, 15) is 5.11 Å². The Bertz CT molecular complexity index is 580. The smallest absolute Gasteiger partial charge is 0.191 e. The molecule has 1 aliphatic heterocycles. The number of aliphatic hydroxyl groups excluding tert-OH is 1. The van der Waals surface area contributed by atoms with Gasteiger partial charge in [0, 0.05) is 19.6 Å². The van der Waals surface area contributed by atoms with Crippen LogP contribution in [0.1, 0.15) is 45.8 Å². The molecule has 0 spiro atoms. The van der Waals surface area contributed by atoms with Crippen LogP contribution in [0.4, 0.5) is 0 Å². The molecule has 0 radical (unpaired) electrons. The largest absolute Gasteiger partial charge is 0.491 e. The fourth-order valence-electron chi connectivity index (χ4n) is 3.27. The van der Waals surface area contributed by atoms with E-state index < -0.39 is 6.10 Å². The summed E-state index contributed by atoms with van der Waals surface area (Å²) in [6.45, 7) is 13.8. The number of likely N-dealkylation sites (tertiary alicyclic amines) is 1. The maximum atomic E-state index is 10.4. The third kappa shape index (κ3) is 8.53. The molecule has 0 aromatic heterocycles. The van der Waals surface area contributed by atoms with Crippen molar-refractivity contribution in [2.75, 3.05) is 39.3 Å². The van der Waals surface area contributed by atoms with Gasteiger partial charge in [-0.3, -0.25) is 4.99 Å². The first-order valence-corrected chi connectivity index (χ1v) is 10.2. The zero-order valence-corrected chi connectivity index (χ0v) is 20.0. The third-order valence-electron chi connectivity index (χ3n) is 4.78. The maximum absolute atomic E-state index is 10.4. The van der Waals surface area contributed by atoms with E-state index in [-0.39, 0.29) is 30.1 Å². The lowest BCUT2D eigenvalue weighted by molar-refractivity contribution is 0.186. The molecule has 1 aromatic carbocycles. The summed E-state index contributed by atoms with van der Waals surface area (Å²) in [4.78, 5) is 7.04. The lowest BCUT2D eigenvalue weighted by Gasteiger charge is -2.17. The van der Waals surface area contributed by atoms with Crippen LogP contribution >= 0.6 is 24.0 Å². The van der Waals surface area contributed by atoms with Gasteiger partial charge in [-0.05, 0) is 63.9 Å². The van der Waals surface area contributed by atoms with Crippen LogP contribution in [-0.4, -0.2) is 61.3 Å². The van der Waals surface area contributed by atoms with Crippen molar-refractivity contribution in [2.24, 2.45) is 10.9 Å². The van der Waals surface area contributed by atoms with Crippen molar-refractivity contribution in [2.45, 2.75) is 46.3 Å². The number of hydrogen-bond acceptors (Lipinski definition) is 4. The monoisotopic (exact) mass is 504 g/mol.